The highest BCUT2D eigenvalue weighted by molar-refractivity contribution is 7.86. The van der Waals surface area contributed by atoms with Crippen molar-refractivity contribution in [3.05, 3.63) is 35.9 Å². The van der Waals surface area contributed by atoms with Crippen LogP contribution in [0.2, 0.25) is 0 Å². The van der Waals surface area contributed by atoms with Gasteiger partial charge >= 0.3 is 6.09 Å². The zero-order valence-corrected chi connectivity index (χ0v) is 21.1. The Kier molecular flexibility index (Phi) is 10.1. The average Bonchev–Trinajstić information content (AvgIpc) is 3.32. The maximum Gasteiger partial charge on any atom is 0.407 e. The van der Waals surface area contributed by atoms with Crippen LogP contribution in [0, 0.1) is 5.92 Å². The number of benzene rings is 1. The molecule has 2 fully saturated rings. The van der Waals surface area contributed by atoms with Gasteiger partial charge in [-0.05, 0) is 30.7 Å². The van der Waals surface area contributed by atoms with Crippen molar-refractivity contribution in [2.24, 2.45) is 5.92 Å². The first kappa shape index (κ1) is 26.9. The number of amides is 1. The molecule has 3 atom stereocenters. The zero-order valence-electron chi connectivity index (χ0n) is 20.3. The van der Waals surface area contributed by atoms with Crippen LogP contribution >= 0.6 is 0 Å². The molecular weight excluding hydrogens is 458 g/mol. The maximum atomic E-state index is 13.4. The van der Waals surface area contributed by atoms with E-state index in [9.17, 15) is 18.3 Å². The predicted molar refractivity (Wildman–Crippen MR) is 130 cm³/mol. The predicted octanol–water partition coefficient (Wildman–Crippen LogP) is 2.16. The van der Waals surface area contributed by atoms with Gasteiger partial charge in [0.05, 0.1) is 25.4 Å². The molecule has 2 aliphatic heterocycles. The van der Waals surface area contributed by atoms with Gasteiger partial charge in [0.1, 0.15) is 6.10 Å². The highest BCUT2D eigenvalue weighted by Crippen LogP contribution is 2.19. The standard InChI is InChI=1S/C24H39N3O6S/c1-19(2)16-27(34(30,31)26-12-7-4-8-13-26)17-23(28)22(15-20-9-5-3-6-10-20)25-24(29)33-21-11-14-32-18-21/h3,5-6,9-10,19,21-23,28H,4,7-8,11-18H2,1-2H3,(H,25,29)/t21-,22-,23+/m0/s1. The van der Waals surface area contributed by atoms with Gasteiger partial charge in [-0.3, -0.25) is 0 Å². The number of alkyl carbamates (subject to hydrolysis) is 1. The molecule has 0 aromatic heterocycles. The number of nitrogens with one attached hydrogen (secondary N) is 1. The van der Waals surface area contributed by atoms with Crippen LogP contribution in [-0.2, 0) is 26.1 Å². The first-order valence-corrected chi connectivity index (χ1v) is 13.7. The summed E-state index contributed by atoms with van der Waals surface area (Å²) in [6.45, 7) is 5.97. The minimum Gasteiger partial charge on any atom is -0.444 e. The second kappa shape index (κ2) is 12.8. The van der Waals surface area contributed by atoms with Gasteiger partial charge in [0.15, 0.2) is 0 Å². The van der Waals surface area contributed by atoms with Gasteiger partial charge in [-0.25, -0.2) is 4.79 Å². The lowest BCUT2D eigenvalue weighted by molar-refractivity contribution is 0.0638. The molecule has 2 aliphatic rings. The molecule has 2 saturated heterocycles. The molecule has 0 spiro atoms. The molecule has 3 rings (SSSR count). The Morgan fingerprint density at radius 2 is 1.91 bits per heavy atom. The van der Waals surface area contributed by atoms with E-state index in [4.69, 9.17) is 9.47 Å². The third-order valence-electron chi connectivity index (χ3n) is 6.15. The summed E-state index contributed by atoms with van der Waals surface area (Å²) in [7, 11) is -3.72. The number of rotatable bonds is 11. The van der Waals surface area contributed by atoms with E-state index >= 15 is 0 Å². The number of nitrogens with zero attached hydrogens (tertiary/aromatic N) is 2. The van der Waals surface area contributed by atoms with Gasteiger partial charge in [0.2, 0.25) is 0 Å². The summed E-state index contributed by atoms with van der Waals surface area (Å²) < 4.78 is 40.4. The maximum absolute atomic E-state index is 13.4. The number of carbonyl (C=O) groups is 1. The van der Waals surface area contributed by atoms with Crippen molar-refractivity contribution < 1.29 is 27.8 Å². The van der Waals surface area contributed by atoms with Crippen LogP contribution in [0.1, 0.15) is 45.1 Å². The summed E-state index contributed by atoms with van der Waals surface area (Å²) >= 11 is 0. The molecular formula is C24H39N3O6S. The van der Waals surface area contributed by atoms with Gasteiger partial charge in [0.25, 0.3) is 10.2 Å². The minimum absolute atomic E-state index is 0.0830. The Hall–Kier alpha value is -1.72. The van der Waals surface area contributed by atoms with Crippen LogP contribution in [0.3, 0.4) is 0 Å². The number of aliphatic hydroxyl groups excluding tert-OH is 1. The van der Waals surface area contributed by atoms with E-state index in [-0.39, 0.29) is 25.1 Å². The minimum atomic E-state index is -3.72. The van der Waals surface area contributed by atoms with Crippen LogP contribution in [0.4, 0.5) is 4.79 Å². The fraction of sp³-hybridized carbons (Fsp3) is 0.708. The van der Waals surface area contributed by atoms with Gasteiger partial charge < -0.3 is 19.9 Å². The van der Waals surface area contributed by atoms with E-state index in [1.165, 1.54) is 8.61 Å². The smallest absolute Gasteiger partial charge is 0.407 e. The number of carbonyl (C=O) groups excluding carboxylic acids is 1. The van der Waals surface area contributed by atoms with Gasteiger partial charge in [-0.1, -0.05) is 50.6 Å². The summed E-state index contributed by atoms with van der Waals surface area (Å²) in [6, 6.07) is 8.77. The first-order chi connectivity index (χ1) is 16.3. The lowest BCUT2D eigenvalue weighted by atomic mass is 10.0. The molecule has 0 saturated carbocycles. The molecule has 192 valence electrons. The van der Waals surface area contributed by atoms with Crippen molar-refractivity contribution in [1.29, 1.82) is 0 Å². The van der Waals surface area contributed by atoms with Crippen molar-refractivity contribution >= 4 is 16.3 Å². The van der Waals surface area contributed by atoms with Crippen molar-refractivity contribution in [2.45, 2.75) is 64.2 Å². The third kappa shape index (κ3) is 7.91. The Bertz CT molecular complexity index is 855. The molecule has 2 heterocycles. The molecule has 0 unspecified atom stereocenters. The Morgan fingerprint density at radius 3 is 2.53 bits per heavy atom. The van der Waals surface area contributed by atoms with Crippen molar-refractivity contribution in [3.8, 4) is 0 Å². The molecule has 0 aliphatic carbocycles. The second-order valence-corrected chi connectivity index (χ2v) is 11.5. The summed E-state index contributed by atoms with van der Waals surface area (Å²) in [4.78, 5) is 12.6. The third-order valence-corrected chi connectivity index (χ3v) is 8.12. The lowest BCUT2D eigenvalue weighted by Crippen LogP contribution is -2.54. The highest BCUT2D eigenvalue weighted by atomic mass is 32.2. The number of aliphatic hydroxyl groups is 1. The average molecular weight is 498 g/mol. The van der Waals surface area contributed by atoms with E-state index in [0.717, 1.165) is 24.8 Å². The lowest BCUT2D eigenvalue weighted by Gasteiger charge is -2.35. The Morgan fingerprint density at radius 1 is 1.21 bits per heavy atom. The second-order valence-electron chi connectivity index (χ2n) is 9.58. The van der Waals surface area contributed by atoms with E-state index in [0.29, 0.717) is 39.1 Å². The molecule has 0 radical (unpaired) electrons. The van der Waals surface area contributed by atoms with Crippen molar-refractivity contribution in [1.82, 2.24) is 13.9 Å². The van der Waals surface area contributed by atoms with E-state index in [1.54, 1.807) is 0 Å². The van der Waals surface area contributed by atoms with Gasteiger partial charge in [-0.15, -0.1) is 0 Å². The van der Waals surface area contributed by atoms with Gasteiger partial charge in [0, 0.05) is 32.6 Å². The zero-order chi connectivity index (χ0) is 24.6. The van der Waals surface area contributed by atoms with Crippen LogP contribution < -0.4 is 5.32 Å². The SMILES string of the molecule is CC(C)CN(C[C@@H](O)[C@H](Cc1ccccc1)NC(=O)O[C@H]1CCOC1)S(=O)(=O)N1CCCCC1. The number of hydrogen-bond acceptors (Lipinski definition) is 6. The first-order valence-electron chi connectivity index (χ1n) is 12.3. The summed E-state index contributed by atoms with van der Waals surface area (Å²) in [5, 5.41) is 14.0. The number of hydrogen-bond donors (Lipinski definition) is 2. The van der Waals surface area contributed by atoms with Crippen LogP contribution in [-0.4, -0.2) is 85.9 Å². The van der Waals surface area contributed by atoms with Crippen molar-refractivity contribution in [3.63, 3.8) is 0 Å². The molecule has 0 bridgehead atoms. The topological polar surface area (TPSA) is 108 Å². The Labute approximate surface area is 203 Å². The normalized spacial score (nSPS) is 21.5. The molecule has 9 nitrogen and oxygen atoms in total. The monoisotopic (exact) mass is 497 g/mol. The van der Waals surface area contributed by atoms with E-state index in [1.807, 2.05) is 44.2 Å². The van der Waals surface area contributed by atoms with E-state index < -0.39 is 28.4 Å². The highest BCUT2D eigenvalue weighted by Gasteiger charge is 2.35. The summed E-state index contributed by atoms with van der Waals surface area (Å²) in [6.07, 6.45) is 1.61. The molecule has 1 aromatic rings. The summed E-state index contributed by atoms with van der Waals surface area (Å²) in [5.41, 5.74) is 0.922. The molecule has 34 heavy (non-hydrogen) atoms. The van der Waals surface area contributed by atoms with E-state index in [2.05, 4.69) is 5.32 Å². The van der Waals surface area contributed by atoms with Gasteiger partial charge in [-0.2, -0.15) is 17.0 Å². The largest absolute Gasteiger partial charge is 0.444 e. The Balaban J connectivity index is 1.74. The quantitative estimate of drug-likeness (QED) is 0.485. The fourth-order valence-corrected chi connectivity index (χ4v) is 6.23. The molecule has 2 N–H and O–H groups in total. The molecule has 1 amide bonds. The van der Waals surface area contributed by atoms with Crippen LogP contribution in [0.5, 0.6) is 0 Å². The molecule has 1 aromatic carbocycles. The summed E-state index contributed by atoms with van der Waals surface area (Å²) in [5.74, 6) is 0.0830. The van der Waals surface area contributed by atoms with Crippen LogP contribution in [0.15, 0.2) is 30.3 Å². The molecule has 10 heteroatoms. The van der Waals surface area contributed by atoms with Crippen LogP contribution in [0.25, 0.3) is 0 Å². The number of piperidine rings is 1. The van der Waals surface area contributed by atoms with Crippen molar-refractivity contribution in [2.75, 3.05) is 39.4 Å². The fourth-order valence-electron chi connectivity index (χ4n) is 4.36. The number of ether oxygens (including phenoxy) is 2.